The lowest BCUT2D eigenvalue weighted by Gasteiger charge is -2.41. The van der Waals surface area contributed by atoms with E-state index in [9.17, 15) is 59.1 Å². The number of benzene rings is 2. The second kappa shape index (κ2) is 35.0. The van der Waals surface area contributed by atoms with Crippen molar-refractivity contribution in [2.45, 2.75) is 167 Å². The highest BCUT2D eigenvalue weighted by Gasteiger charge is 2.49. The predicted molar refractivity (Wildman–Crippen MR) is 310 cm³/mol. The van der Waals surface area contributed by atoms with Gasteiger partial charge in [-0.1, -0.05) is 85.2 Å². The van der Waals surface area contributed by atoms with Gasteiger partial charge in [-0.2, -0.15) is 0 Å². The summed E-state index contributed by atoms with van der Waals surface area (Å²) in [6, 6.07) is 8.88. The van der Waals surface area contributed by atoms with E-state index >= 15 is 0 Å². The molecule has 6 amide bonds. The van der Waals surface area contributed by atoms with Gasteiger partial charge in [-0.25, -0.2) is 15.5 Å². The summed E-state index contributed by atoms with van der Waals surface area (Å²) in [7, 11) is 5.89. The summed E-state index contributed by atoms with van der Waals surface area (Å²) < 4.78 is 39.5. The molecule has 2 saturated heterocycles. The molecule has 27 nitrogen and oxygen atoms in total. The van der Waals surface area contributed by atoms with Gasteiger partial charge in [0.25, 0.3) is 0 Å². The maximum atomic E-state index is 14.9. The highest BCUT2D eigenvalue weighted by atomic mass is 16.7. The van der Waals surface area contributed by atoms with Gasteiger partial charge < -0.3 is 89.3 Å². The van der Waals surface area contributed by atoms with Crippen molar-refractivity contribution in [3.8, 4) is 5.75 Å². The molecular formula is C59H93N7O20. The minimum absolute atomic E-state index is 0.0240. The van der Waals surface area contributed by atoms with Gasteiger partial charge in [0.1, 0.15) is 49.4 Å². The first-order valence-corrected chi connectivity index (χ1v) is 29.1. The summed E-state index contributed by atoms with van der Waals surface area (Å²) in [5.74, 6) is -1.20. The summed E-state index contributed by atoms with van der Waals surface area (Å²) in [5, 5.41) is 60.5. The number of carboxylic acids is 1. The molecule has 0 aliphatic carbocycles. The van der Waals surface area contributed by atoms with Crippen LogP contribution in [0.2, 0.25) is 0 Å². The number of carbonyl (C=O) groups is 7. The number of carboxylic acid groups (broad SMARTS) is 1. The van der Waals surface area contributed by atoms with Crippen molar-refractivity contribution in [2.75, 3.05) is 73.2 Å². The third kappa shape index (κ3) is 19.7. The first-order valence-electron chi connectivity index (χ1n) is 29.1. The molecule has 10 N–H and O–H groups in total. The van der Waals surface area contributed by atoms with Crippen LogP contribution in [-0.2, 0) is 68.6 Å². The predicted octanol–water partition coefficient (Wildman–Crippen LogP) is 1.71. The van der Waals surface area contributed by atoms with Crippen molar-refractivity contribution in [1.82, 2.24) is 25.3 Å². The Morgan fingerprint density at radius 1 is 0.814 bits per heavy atom. The Bertz CT molecular complexity index is 2500. The lowest BCUT2D eigenvalue weighted by atomic mass is 9.89. The van der Waals surface area contributed by atoms with Crippen molar-refractivity contribution >= 4 is 47.3 Å². The minimum Gasteiger partial charge on any atom is -0.479 e. The van der Waals surface area contributed by atoms with Crippen LogP contribution in [0.5, 0.6) is 5.75 Å². The Labute approximate surface area is 503 Å². The van der Waals surface area contributed by atoms with Crippen LogP contribution in [0.1, 0.15) is 98.3 Å². The van der Waals surface area contributed by atoms with Gasteiger partial charge in [-0.3, -0.25) is 28.9 Å². The first kappa shape index (κ1) is 72.4. The van der Waals surface area contributed by atoms with E-state index < -0.39 is 140 Å². The highest BCUT2D eigenvalue weighted by molar-refractivity contribution is 5.93. The number of nitrogens with zero attached hydrogens (tertiary/aromatic N) is 3. The molecule has 2 aromatic rings. The van der Waals surface area contributed by atoms with Gasteiger partial charge in [-0.05, 0) is 61.3 Å². The summed E-state index contributed by atoms with van der Waals surface area (Å²) in [6.45, 7) is 14.2. The van der Waals surface area contributed by atoms with Gasteiger partial charge in [0.05, 0.1) is 75.2 Å². The lowest BCUT2D eigenvalue weighted by molar-refractivity contribution is -0.271. The number of nitrogens with two attached hydrogens (primary N) is 1. The number of hydrogen-bond acceptors (Lipinski definition) is 20. The molecule has 0 saturated carbocycles. The highest BCUT2D eigenvalue weighted by Crippen LogP contribution is 2.32. The van der Waals surface area contributed by atoms with Gasteiger partial charge in [0.15, 0.2) is 6.10 Å². The molecular weight excluding hydrogens is 1130 g/mol. The van der Waals surface area contributed by atoms with Crippen LogP contribution < -0.4 is 26.6 Å². The maximum absolute atomic E-state index is 14.9. The van der Waals surface area contributed by atoms with E-state index in [1.807, 2.05) is 19.9 Å². The monoisotopic (exact) mass is 1220 g/mol. The van der Waals surface area contributed by atoms with Crippen LogP contribution in [0, 0.1) is 23.7 Å². The molecule has 27 heteroatoms. The SMILES string of the molecule is CC[C@H](C)[C@@H]([C@@H](CC(=O)N1CCC[C@H]1[C@H](OC)[C@@H](C)C(=O)N[C@H](C)[C@@H](O)c1ccccc1)OC)N(C)C(=O)[C@@H](NC(=O)[C@H](C(C)C)N(C)C(=O)OCc1cc(NC(=O)COCCOCCON)ccc1O[C@@H]1OC(C(=O)O)[C@@H](O)C(O)C1O)C(C)C. The number of anilines is 1. The Morgan fingerprint density at radius 3 is 2.08 bits per heavy atom. The number of amides is 6. The van der Waals surface area contributed by atoms with Crippen LogP contribution >= 0.6 is 0 Å². The average molecular weight is 1220 g/mol. The quantitative estimate of drug-likeness (QED) is 0.0356. The van der Waals surface area contributed by atoms with E-state index in [4.69, 9.17) is 39.1 Å². The fraction of sp³-hybridized carbons (Fsp3) is 0.678. The maximum Gasteiger partial charge on any atom is 0.410 e. The number of ether oxygens (including phenoxy) is 7. The van der Waals surface area contributed by atoms with Crippen molar-refractivity contribution in [3.63, 3.8) is 0 Å². The molecule has 2 heterocycles. The number of methoxy groups -OCH3 is 2. The van der Waals surface area contributed by atoms with E-state index in [0.29, 0.717) is 31.4 Å². The number of hydrogen-bond donors (Lipinski definition) is 9. The number of aliphatic hydroxyl groups is 4. The summed E-state index contributed by atoms with van der Waals surface area (Å²) in [6.07, 6.45) is -11.6. The zero-order chi connectivity index (χ0) is 64.1. The third-order valence-electron chi connectivity index (χ3n) is 15.8. The molecule has 0 radical (unpaired) electrons. The van der Waals surface area contributed by atoms with Crippen LogP contribution in [0.3, 0.4) is 0 Å². The number of carbonyl (C=O) groups excluding carboxylic acids is 6. The van der Waals surface area contributed by atoms with E-state index in [1.54, 1.807) is 77.8 Å². The molecule has 0 bridgehead atoms. The van der Waals surface area contributed by atoms with E-state index in [-0.39, 0.29) is 67.6 Å². The van der Waals surface area contributed by atoms with Crippen LogP contribution in [0.25, 0.3) is 0 Å². The molecule has 0 aromatic heterocycles. The van der Waals surface area contributed by atoms with Crippen molar-refractivity contribution in [2.24, 2.45) is 29.6 Å². The smallest absolute Gasteiger partial charge is 0.410 e. The number of nitrogens with one attached hydrogen (secondary N) is 3. The zero-order valence-corrected chi connectivity index (χ0v) is 51.5. The number of rotatable bonds is 34. The Hall–Kier alpha value is -6.11. The van der Waals surface area contributed by atoms with Gasteiger partial charge in [-0.15, -0.1) is 0 Å². The molecule has 2 aliphatic rings. The molecule has 2 fully saturated rings. The standard InChI is InChI=1S/C59H93N7O20/c1-13-34(6)47(42(79-11)29-44(68)66-23-17-20-40(66)52(80-12)35(7)54(73)61-36(8)48(69)37-18-15-14-16-19-37)64(9)56(75)45(32(2)3)63-55(74)46(33(4)5)65(10)59(78)83-30-38-28-39(62-43(67)31-82-25-24-81-26-27-84-60)21-22-41(38)85-58-51(72)49(70)50(71)53(86-58)57(76)77/h14-16,18-19,21-22,28,32-36,40,42,45-53,58,69-72H,13,17,20,23-27,29-31,60H2,1-12H3,(H,61,73)(H,62,67)(H,63,74)(H,76,77)/t34-,35+,36+,40-,42+,45-,46-,47-,48+,49?,50-,51?,52+,53?,58+/m0/s1. The third-order valence-corrected chi connectivity index (χ3v) is 15.8. The van der Waals surface area contributed by atoms with Crippen LogP contribution in [-0.4, -0.2) is 223 Å². The summed E-state index contributed by atoms with van der Waals surface area (Å²) in [5.41, 5.74) is 0.827. The Kier molecular flexibility index (Phi) is 29.5. The average Bonchev–Trinajstić information content (AvgIpc) is 3.75. The van der Waals surface area contributed by atoms with Crippen molar-refractivity contribution < 1.29 is 97.1 Å². The number of aliphatic carboxylic acids is 1. The first-order chi connectivity index (χ1) is 40.7. The molecule has 15 atom stereocenters. The zero-order valence-electron chi connectivity index (χ0n) is 51.5. The number of aliphatic hydroxyl groups excluding tert-OH is 4. The van der Waals surface area contributed by atoms with E-state index in [1.165, 1.54) is 44.4 Å². The summed E-state index contributed by atoms with van der Waals surface area (Å²) in [4.78, 5) is 105. The lowest BCUT2D eigenvalue weighted by Crippen LogP contribution is -2.61. The normalized spacial score (nSPS) is 21.9. The summed E-state index contributed by atoms with van der Waals surface area (Å²) >= 11 is 0. The molecule has 3 unspecified atom stereocenters. The topological polar surface area (TPSA) is 366 Å². The second-order valence-corrected chi connectivity index (χ2v) is 22.6. The number of likely N-dealkylation sites (tertiary alicyclic amines) is 1. The van der Waals surface area contributed by atoms with Crippen molar-refractivity contribution in [3.05, 3.63) is 59.7 Å². The van der Waals surface area contributed by atoms with Gasteiger partial charge in [0.2, 0.25) is 35.8 Å². The molecule has 2 aromatic carbocycles. The largest absolute Gasteiger partial charge is 0.479 e. The van der Waals surface area contributed by atoms with Gasteiger partial charge >= 0.3 is 12.1 Å². The van der Waals surface area contributed by atoms with Gasteiger partial charge in [0, 0.05) is 46.1 Å². The Balaban J connectivity index is 1.50. The molecule has 484 valence electrons. The fourth-order valence-corrected chi connectivity index (χ4v) is 10.8. The van der Waals surface area contributed by atoms with Crippen molar-refractivity contribution in [1.29, 1.82) is 0 Å². The van der Waals surface area contributed by atoms with Crippen LogP contribution in [0.4, 0.5) is 10.5 Å². The fourth-order valence-electron chi connectivity index (χ4n) is 10.8. The van der Waals surface area contributed by atoms with Crippen LogP contribution in [0.15, 0.2) is 48.5 Å². The van der Waals surface area contributed by atoms with E-state index in [2.05, 4.69) is 20.8 Å². The van der Waals surface area contributed by atoms with E-state index in [0.717, 1.165) is 4.90 Å². The molecule has 2 aliphatic heterocycles. The molecule has 0 spiro atoms. The minimum atomic E-state index is -2.01. The second-order valence-electron chi connectivity index (χ2n) is 22.6. The number of likely N-dealkylation sites (N-methyl/N-ethyl adjacent to an activating group) is 2. The Morgan fingerprint density at radius 2 is 1.48 bits per heavy atom. The molecule has 86 heavy (non-hydrogen) atoms. The molecule has 4 rings (SSSR count).